The first-order chi connectivity index (χ1) is 12.6. The maximum absolute atomic E-state index is 6.00. The van der Waals surface area contributed by atoms with Gasteiger partial charge in [-0.05, 0) is 60.9 Å². The number of aryl methyl sites for hydroxylation is 1. The minimum atomic E-state index is 0.588. The van der Waals surface area contributed by atoms with Crippen LogP contribution in [0.2, 0.25) is 5.02 Å². The Morgan fingerprint density at radius 2 is 2.00 bits per heavy atom. The number of hydrogen-bond acceptors (Lipinski definition) is 5. The fourth-order valence-corrected chi connectivity index (χ4v) is 2.79. The Morgan fingerprint density at radius 1 is 1.12 bits per heavy atom. The summed E-state index contributed by atoms with van der Waals surface area (Å²) in [4.78, 5) is 8.78. The number of hydrogen-bond donors (Lipinski definition) is 2. The predicted molar refractivity (Wildman–Crippen MR) is 107 cm³/mol. The molecule has 0 aliphatic rings. The average molecular weight is 369 g/mol. The van der Waals surface area contributed by atoms with Crippen LogP contribution < -0.4 is 15.4 Å². The normalized spacial score (nSPS) is 10.4. The molecule has 2 aromatic carbocycles. The highest BCUT2D eigenvalue weighted by atomic mass is 35.5. The van der Waals surface area contributed by atoms with E-state index in [9.17, 15) is 0 Å². The second kappa shape index (κ2) is 8.54. The Labute approximate surface area is 158 Å². The molecule has 5 nitrogen and oxygen atoms in total. The Kier molecular flexibility index (Phi) is 5.92. The number of aromatic nitrogens is 2. The van der Waals surface area contributed by atoms with Crippen LogP contribution in [-0.4, -0.2) is 23.6 Å². The molecule has 1 heterocycles. The fraction of sp³-hybridized carbons (Fsp3) is 0.200. The van der Waals surface area contributed by atoms with Gasteiger partial charge in [-0.15, -0.1) is 0 Å². The van der Waals surface area contributed by atoms with Crippen LogP contribution >= 0.6 is 11.6 Å². The van der Waals surface area contributed by atoms with Crippen molar-refractivity contribution in [3.63, 3.8) is 0 Å². The topological polar surface area (TPSA) is 59.1 Å². The smallest absolute Gasteiger partial charge is 0.224 e. The molecule has 26 heavy (non-hydrogen) atoms. The van der Waals surface area contributed by atoms with Crippen molar-refractivity contribution in [1.29, 1.82) is 0 Å². The van der Waals surface area contributed by atoms with E-state index >= 15 is 0 Å². The summed E-state index contributed by atoms with van der Waals surface area (Å²) < 4.78 is 5.25. The number of methoxy groups -OCH3 is 1. The van der Waals surface area contributed by atoms with Crippen LogP contribution in [0.5, 0.6) is 5.75 Å². The lowest BCUT2D eigenvalue weighted by atomic mass is 10.1. The molecule has 0 aliphatic heterocycles. The van der Waals surface area contributed by atoms with Gasteiger partial charge in [-0.2, -0.15) is 4.98 Å². The summed E-state index contributed by atoms with van der Waals surface area (Å²) in [5.41, 5.74) is 3.22. The molecule has 0 bridgehead atoms. The molecule has 0 aliphatic carbocycles. The van der Waals surface area contributed by atoms with E-state index in [1.807, 2.05) is 49.4 Å². The first kappa shape index (κ1) is 18.0. The SMILES string of the molecule is COc1cccc(CCNc2nccc(Nc3ccc(Cl)cc3C)n2)c1. The van der Waals surface area contributed by atoms with Gasteiger partial charge in [0, 0.05) is 23.5 Å². The lowest BCUT2D eigenvalue weighted by Crippen LogP contribution is -2.09. The molecule has 6 heteroatoms. The van der Waals surface area contributed by atoms with Crippen molar-refractivity contribution >= 4 is 29.1 Å². The summed E-state index contributed by atoms with van der Waals surface area (Å²) >= 11 is 6.00. The van der Waals surface area contributed by atoms with Crippen molar-refractivity contribution in [3.05, 3.63) is 70.9 Å². The number of ether oxygens (including phenoxy) is 1. The summed E-state index contributed by atoms with van der Waals surface area (Å²) in [5.74, 6) is 2.18. The van der Waals surface area contributed by atoms with E-state index in [0.29, 0.717) is 5.95 Å². The molecule has 2 N–H and O–H groups in total. The third kappa shape index (κ3) is 4.86. The number of anilines is 3. The lowest BCUT2D eigenvalue weighted by molar-refractivity contribution is 0.414. The number of halogens is 1. The van der Waals surface area contributed by atoms with Crippen molar-refractivity contribution in [2.24, 2.45) is 0 Å². The molecule has 1 aromatic heterocycles. The van der Waals surface area contributed by atoms with Crippen LogP contribution in [0.3, 0.4) is 0 Å². The minimum Gasteiger partial charge on any atom is -0.497 e. The van der Waals surface area contributed by atoms with E-state index in [2.05, 4.69) is 26.7 Å². The number of benzene rings is 2. The van der Waals surface area contributed by atoms with Crippen LogP contribution in [0.1, 0.15) is 11.1 Å². The second-order valence-corrected chi connectivity index (χ2v) is 6.31. The van der Waals surface area contributed by atoms with Crippen LogP contribution in [-0.2, 0) is 6.42 Å². The van der Waals surface area contributed by atoms with E-state index in [0.717, 1.165) is 40.8 Å². The highest BCUT2D eigenvalue weighted by Gasteiger charge is 2.03. The van der Waals surface area contributed by atoms with Gasteiger partial charge in [-0.1, -0.05) is 23.7 Å². The molecule has 0 radical (unpaired) electrons. The van der Waals surface area contributed by atoms with E-state index in [1.54, 1.807) is 13.3 Å². The molecular weight excluding hydrogens is 348 g/mol. The van der Waals surface area contributed by atoms with Gasteiger partial charge in [0.05, 0.1) is 7.11 Å². The first-order valence-corrected chi connectivity index (χ1v) is 8.75. The third-order valence-electron chi connectivity index (χ3n) is 3.94. The monoisotopic (exact) mass is 368 g/mol. The summed E-state index contributed by atoms with van der Waals surface area (Å²) in [5, 5.41) is 7.27. The lowest BCUT2D eigenvalue weighted by Gasteiger charge is -2.11. The van der Waals surface area contributed by atoms with E-state index in [1.165, 1.54) is 5.56 Å². The van der Waals surface area contributed by atoms with Gasteiger partial charge in [0.15, 0.2) is 0 Å². The highest BCUT2D eigenvalue weighted by Crippen LogP contribution is 2.23. The van der Waals surface area contributed by atoms with Crippen molar-refractivity contribution in [2.45, 2.75) is 13.3 Å². The van der Waals surface area contributed by atoms with Gasteiger partial charge in [0.25, 0.3) is 0 Å². The van der Waals surface area contributed by atoms with Gasteiger partial charge in [0.1, 0.15) is 11.6 Å². The molecule has 3 rings (SSSR count). The maximum Gasteiger partial charge on any atom is 0.224 e. The number of rotatable bonds is 7. The van der Waals surface area contributed by atoms with Crippen molar-refractivity contribution in [2.75, 3.05) is 24.3 Å². The molecule has 0 atom stereocenters. The molecule has 0 spiro atoms. The average Bonchev–Trinajstić information content (AvgIpc) is 2.65. The van der Waals surface area contributed by atoms with Gasteiger partial charge >= 0.3 is 0 Å². The van der Waals surface area contributed by atoms with Crippen LogP contribution in [0.4, 0.5) is 17.5 Å². The second-order valence-electron chi connectivity index (χ2n) is 5.88. The van der Waals surface area contributed by atoms with E-state index in [4.69, 9.17) is 16.3 Å². The molecular formula is C20H21ClN4O. The fourth-order valence-electron chi connectivity index (χ4n) is 2.57. The molecule has 134 valence electrons. The minimum absolute atomic E-state index is 0.588. The standard InChI is InChI=1S/C20H21ClN4O/c1-14-12-16(21)6-7-18(14)24-19-9-11-23-20(25-19)22-10-8-15-4-3-5-17(13-15)26-2/h3-7,9,11-13H,8,10H2,1-2H3,(H2,22,23,24,25). The molecule has 0 fully saturated rings. The molecule has 0 saturated carbocycles. The van der Waals surface area contributed by atoms with Crippen LogP contribution in [0, 0.1) is 6.92 Å². The summed E-state index contributed by atoms with van der Waals surface area (Å²) in [6.07, 6.45) is 2.59. The Morgan fingerprint density at radius 3 is 2.81 bits per heavy atom. The Hall–Kier alpha value is -2.79. The predicted octanol–water partition coefficient (Wildman–Crippen LogP) is 4.85. The largest absolute Gasteiger partial charge is 0.497 e. The zero-order valence-electron chi connectivity index (χ0n) is 14.8. The number of nitrogens with zero attached hydrogens (tertiary/aromatic N) is 2. The summed E-state index contributed by atoms with van der Waals surface area (Å²) in [7, 11) is 1.67. The van der Waals surface area contributed by atoms with E-state index < -0.39 is 0 Å². The highest BCUT2D eigenvalue weighted by molar-refractivity contribution is 6.30. The molecule has 0 unspecified atom stereocenters. The summed E-state index contributed by atoms with van der Waals surface area (Å²) in [6.45, 7) is 2.74. The van der Waals surface area contributed by atoms with Crippen molar-refractivity contribution < 1.29 is 4.74 Å². The zero-order valence-corrected chi connectivity index (χ0v) is 15.5. The Balaban J connectivity index is 1.60. The van der Waals surface area contributed by atoms with Crippen molar-refractivity contribution in [3.8, 4) is 5.75 Å². The van der Waals surface area contributed by atoms with Crippen LogP contribution in [0.15, 0.2) is 54.7 Å². The van der Waals surface area contributed by atoms with Crippen molar-refractivity contribution in [1.82, 2.24) is 9.97 Å². The van der Waals surface area contributed by atoms with E-state index in [-0.39, 0.29) is 0 Å². The molecule has 3 aromatic rings. The molecule has 0 saturated heterocycles. The maximum atomic E-state index is 6.00. The zero-order chi connectivity index (χ0) is 18.4. The van der Waals surface area contributed by atoms with Gasteiger partial charge in [-0.25, -0.2) is 4.98 Å². The quantitative estimate of drug-likeness (QED) is 0.624. The Bertz CT molecular complexity index is 885. The number of nitrogens with one attached hydrogen (secondary N) is 2. The third-order valence-corrected chi connectivity index (χ3v) is 4.17. The van der Waals surface area contributed by atoms with Gasteiger partial charge < -0.3 is 15.4 Å². The first-order valence-electron chi connectivity index (χ1n) is 8.37. The van der Waals surface area contributed by atoms with Gasteiger partial charge in [-0.3, -0.25) is 0 Å². The van der Waals surface area contributed by atoms with Gasteiger partial charge in [0.2, 0.25) is 5.95 Å². The van der Waals surface area contributed by atoms with Crippen LogP contribution in [0.25, 0.3) is 0 Å². The molecule has 0 amide bonds. The summed E-state index contributed by atoms with van der Waals surface area (Å²) in [6, 6.07) is 15.6.